The van der Waals surface area contributed by atoms with Crippen molar-refractivity contribution in [3.8, 4) is 0 Å². The molecule has 1 N–H and O–H groups in total. The van der Waals surface area contributed by atoms with Crippen molar-refractivity contribution < 1.29 is 9.50 Å². The summed E-state index contributed by atoms with van der Waals surface area (Å²) in [6, 6.07) is 3.49. The second-order valence-corrected chi connectivity index (χ2v) is 5.76. The molecule has 3 unspecified atom stereocenters. The topological polar surface area (TPSA) is 20.2 Å². The summed E-state index contributed by atoms with van der Waals surface area (Å²) >= 11 is 0. The van der Waals surface area contributed by atoms with Gasteiger partial charge in [-0.25, -0.2) is 4.39 Å². The molecule has 0 saturated heterocycles. The Bertz CT molecular complexity index is 421. The van der Waals surface area contributed by atoms with E-state index < -0.39 is 6.10 Å². The van der Waals surface area contributed by atoms with Gasteiger partial charge in [0.05, 0.1) is 6.10 Å². The third-order valence-electron chi connectivity index (χ3n) is 4.61. The standard InChI is InChI=1S/C15H19FO/c1-8-6-9(2)13(12(16)7-8)15(17)14-10-4-3-5-11(10)14/h6-7,10-11,14-15,17H,3-5H2,1-2H3. The molecular weight excluding hydrogens is 215 g/mol. The zero-order valence-corrected chi connectivity index (χ0v) is 10.4. The lowest BCUT2D eigenvalue weighted by Gasteiger charge is -2.17. The molecule has 0 radical (unpaired) electrons. The summed E-state index contributed by atoms with van der Waals surface area (Å²) < 4.78 is 14.0. The molecule has 1 aromatic carbocycles. The van der Waals surface area contributed by atoms with E-state index in [4.69, 9.17) is 0 Å². The molecule has 2 aliphatic carbocycles. The van der Waals surface area contributed by atoms with E-state index in [0.29, 0.717) is 23.3 Å². The first-order chi connectivity index (χ1) is 8.09. The number of benzene rings is 1. The second-order valence-electron chi connectivity index (χ2n) is 5.76. The predicted octanol–water partition coefficient (Wildman–Crippen LogP) is 3.52. The molecule has 1 aromatic rings. The van der Waals surface area contributed by atoms with Crippen LogP contribution in [0.4, 0.5) is 4.39 Å². The molecule has 3 atom stereocenters. The number of halogens is 1. The van der Waals surface area contributed by atoms with Crippen molar-refractivity contribution in [2.45, 2.75) is 39.2 Å². The third-order valence-corrected chi connectivity index (χ3v) is 4.61. The summed E-state index contributed by atoms with van der Waals surface area (Å²) in [5, 5.41) is 10.4. The Balaban J connectivity index is 1.89. The summed E-state index contributed by atoms with van der Waals surface area (Å²) in [6.45, 7) is 3.78. The van der Waals surface area contributed by atoms with E-state index in [1.54, 1.807) is 0 Å². The van der Waals surface area contributed by atoms with E-state index in [-0.39, 0.29) is 5.82 Å². The highest BCUT2D eigenvalue weighted by atomic mass is 19.1. The summed E-state index contributed by atoms with van der Waals surface area (Å²) in [6.07, 6.45) is 3.14. The van der Waals surface area contributed by atoms with Crippen LogP contribution >= 0.6 is 0 Å². The molecule has 92 valence electrons. The van der Waals surface area contributed by atoms with Crippen molar-refractivity contribution in [1.29, 1.82) is 0 Å². The largest absolute Gasteiger partial charge is 0.388 e. The number of aryl methyl sites for hydroxylation is 2. The van der Waals surface area contributed by atoms with Crippen molar-refractivity contribution in [1.82, 2.24) is 0 Å². The predicted molar refractivity (Wildman–Crippen MR) is 65.2 cm³/mol. The van der Waals surface area contributed by atoms with Crippen LogP contribution < -0.4 is 0 Å². The van der Waals surface area contributed by atoms with Crippen molar-refractivity contribution >= 4 is 0 Å². The molecule has 3 rings (SSSR count). The van der Waals surface area contributed by atoms with E-state index in [1.165, 1.54) is 25.3 Å². The number of fused-ring (bicyclic) bond motifs is 1. The molecule has 2 saturated carbocycles. The van der Waals surface area contributed by atoms with E-state index in [0.717, 1.165) is 11.1 Å². The Hall–Kier alpha value is -0.890. The van der Waals surface area contributed by atoms with E-state index in [9.17, 15) is 9.50 Å². The van der Waals surface area contributed by atoms with Crippen LogP contribution in [0.2, 0.25) is 0 Å². The van der Waals surface area contributed by atoms with Gasteiger partial charge in [0.2, 0.25) is 0 Å². The molecule has 0 heterocycles. The van der Waals surface area contributed by atoms with Gasteiger partial charge in [0, 0.05) is 5.56 Å². The summed E-state index contributed by atoms with van der Waals surface area (Å²) in [5.41, 5.74) is 2.35. The number of hydrogen-bond donors (Lipinski definition) is 1. The SMILES string of the molecule is Cc1cc(C)c(C(O)C2C3CCCC32)c(F)c1. The van der Waals surface area contributed by atoms with Gasteiger partial charge in [-0.3, -0.25) is 0 Å². The maximum atomic E-state index is 14.0. The Labute approximate surface area is 102 Å². The van der Waals surface area contributed by atoms with Crippen molar-refractivity contribution in [2.24, 2.45) is 17.8 Å². The summed E-state index contributed by atoms with van der Waals surface area (Å²) in [4.78, 5) is 0. The van der Waals surface area contributed by atoms with E-state index in [2.05, 4.69) is 0 Å². The van der Waals surface area contributed by atoms with Gasteiger partial charge < -0.3 is 5.11 Å². The average Bonchev–Trinajstić information content (AvgIpc) is 2.71. The van der Waals surface area contributed by atoms with Crippen molar-refractivity contribution in [2.75, 3.05) is 0 Å². The first kappa shape index (κ1) is 11.2. The van der Waals surface area contributed by atoms with Crippen LogP contribution in [-0.4, -0.2) is 5.11 Å². The van der Waals surface area contributed by atoms with Gasteiger partial charge >= 0.3 is 0 Å². The Morgan fingerprint density at radius 1 is 1.24 bits per heavy atom. The summed E-state index contributed by atoms with van der Waals surface area (Å²) in [7, 11) is 0. The number of aliphatic hydroxyl groups is 1. The number of rotatable bonds is 2. The minimum Gasteiger partial charge on any atom is -0.388 e. The van der Waals surface area contributed by atoms with Gasteiger partial charge in [-0.05, 0) is 61.6 Å². The Morgan fingerprint density at radius 3 is 2.47 bits per heavy atom. The summed E-state index contributed by atoms with van der Waals surface area (Å²) in [5.74, 6) is 1.40. The Kier molecular flexibility index (Phi) is 2.51. The minimum absolute atomic E-state index is 0.236. The first-order valence-corrected chi connectivity index (χ1v) is 6.54. The highest BCUT2D eigenvalue weighted by Crippen LogP contribution is 2.62. The van der Waals surface area contributed by atoms with E-state index >= 15 is 0 Å². The number of hydrogen-bond acceptors (Lipinski definition) is 1. The van der Waals surface area contributed by atoms with Crippen LogP contribution in [0.15, 0.2) is 12.1 Å². The molecule has 0 spiro atoms. The molecule has 0 bridgehead atoms. The normalized spacial score (nSPS) is 32.4. The van der Waals surface area contributed by atoms with Gasteiger partial charge in [-0.15, -0.1) is 0 Å². The monoisotopic (exact) mass is 234 g/mol. The van der Waals surface area contributed by atoms with Crippen LogP contribution in [0.5, 0.6) is 0 Å². The van der Waals surface area contributed by atoms with Gasteiger partial charge in [0.25, 0.3) is 0 Å². The molecule has 0 amide bonds. The molecule has 0 aromatic heterocycles. The zero-order chi connectivity index (χ0) is 12.2. The molecule has 2 heteroatoms. The van der Waals surface area contributed by atoms with Crippen LogP contribution in [0.1, 0.15) is 42.1 Å². The van der Waals surface area contributed by atoms with Gasteiger partial charge in [-0.1, -0.05) is 12.5 Å². The van der Waals surface area contributed by atoms with E-state index in [1.807, 2.05) is 19.9 Å². The van der Waals surface area contributed by atoms with Crippen LogP contribution in [-0.2, 0) is 0 Å². The molecule has 0 aliphatic heterocycles. The second kappa shape index (κ2) is 3.81. The quantitative estimate of drug-likeness (QED) is 0.830. The first-order valence-electron chi connectivity index (χ1n) is 6.54. The van der Waals surface area contributed by atoms with Crippen molar-refractivity contribution in [3.05, 3.63) is 34.6 Å². The maximum Gasteiger partial charge on any atom is 0.129 e. The van der Waals surface area contributed by atoms with Gasteiger partial charge in [-0.2, -0.15) is 0 Å². The lowest BCUT2D eigenvalue weighted by atomic mass is 9.94. The highest BCUT2D eigenvalue weighted by Gasteiger charge is 2.56. The fourth-order valence-electron chi connectivity index (χ4n) is 3.84. The Morgan fingerprint density at radius 2 is 1.88 bits per heavy atom. The number of aliphatic hydroxyl groups excluding tert-OH is 1. The molecule has 2 fully saturated rings. The molecule has 17 heavy (non-hydrogen) atoms. The van der Waals surface area contributed by atoms with Gasteiger partial charge in [0.1, 0.15) is 5.82 Å². The maximum absolute atomic E-state index is 14.0. The van der Waals surface area contributed by atoms with Crippen molar-refractivity contribution in [3.63, 3.8) is 0 Å². The van der Waals surface area contributed by atoms with Crippen LogP contribution in [0, 0.1) is 37.4 Å². The average molecular weight is 234 g/mol. The van der Waals surface area contributed by atoms with Crippen LogP contribution in [0.3, 0.4) is 0 Å². The fourth-order valence-corrected chi connectivity index (χ4v) is 3.84. The minimum atomic E-state index is -0.592. The third kappa shape index (κ3) is 1.70. The van der Waals surface area contributed by atoms with Gasteiger partial charge in [0.15, 0.2) is 0 Å². The highest BCUT2D eigenvalue weighted by molar-refractivity contribution is 5.35. The molecule has 1 nitrogen and oxygen atoms in total. The fraction of sp³-hybridized carbons (Fsp3) is 0.600. The lowest BCUT2D eigenvalue weighted by molar-refractivity contribution is 0.132. The smallest absolute Gasteiger partial charge is 0.129 e. The zero-order valence-electron chi connectivity index (χ0n) is 10.4. The van der Waals surface area contributed by atoms with Crippen LogP contribution in [0.25, 0.3) is 0 Å². The molecule has 2 aliphatic rings. The molecular formula is C15H19FO. The lowest BCUT2D eigenvalue weighted by Crippen LogP contribution is -2.09.